The molecule has 0 bridgehead atoms. The van der Waals surface area contributed by atoms with Gasteiger partial charge in [0.15, 0.2) is 0 Å². The van der Waals surface area contributed by atoms with Crippen molar-refractivity contribution < 1.29 is 4.74 Å². The van der Waals surface area contributed by atoms with Crippen LogP contribution in [0.5, 0.6) is 0 Å². The van der Waals surface area contributed by atoms with E-state index in [-0.39, 0.29) is 0 Å². The molecule has 1 atom stereocenters. The SMILES string of the molecule is COCCN(C1CC1)C(CN)C(C)C. The third kappa shape index (κ3) is 3.23. The number of hydrogen-bond acceptors (Lipinski definition) is 3. The number of hydrogen-bond donors (Lipinski definition) is 1. The first-order valence-electron chi connectivity index (χ1n) is 5.65. The minimum atomic E-state index is 0.526. The first-order chi connectivity index (χ1) is 6.70. The van der Waals surface area contributed by atoms with Crippen molar-refractivity contribution in [3.8, 4) is 0 Å². The summed E-state index contributed by atoms with van der Waals surface area (Å²) < 4.78 is 5.14. The zero-order valence-electron chi connectivity index (χ0n) is 9.70. The van der Waals surface area contributed by atoms with Crippen molar-refractivity contribution in [3.63, 3.8) is 0 Å². The summed E-state index contributed by atoms with van der Waals surface area (Å²) in [6.45, 7) is 7.11. The van der Waals surface area contributed by atoms with Gasteiger partial charge in [-0.25, -0.2) is 0 Å². The van der Waals surface area contributed by atoms with Gasteiger partial charge in [-0.2, -0.15) is 0 Å². The summed E-state index contributed by atoms with van der Waals surface area (Å²) >= 11 is 0. The predicted octanol–water partition coefficient (Wildman–Crippen LogP) is 1.08. The van der Waals surface area contributed by atoms with E-state index < -0.39 is 0 Å². The van der Waals surface area contributed by atoms with Crippen LogP contribution in [-0.4, -0.2) is 43.8 Å². The second-order valence-electron chi connectivity index (χ2n) is 4.51. The van der Waals surface area contributed by atoms with E-state index >= 15 is 0 Å². The van der Waals surface area contributed by atoms with E-state index in [1.54, 1.807) is 7.11 Å². The predicted molar refractivity (Wildman–Crippen MR) is 59.3 cm³/mol. The molecule has 1 fully saturated rings. The van der Waals surface area contributed by atoms with Crippen LogP contribution >= 0.6 is 0 Å². The molecular weight excluding hydrogens is 176 g/mol. The van der Waals surface area contributed by atoms with Crippen LogP contribution in [0.3, 0.4) is 0 Å². The van der Waals surface area contributed by atoms with Crippen LogP contribution in [0.15, 0.2) is 0 Å². The van der Waals surface area contributed by atoms with Gasteiger partial charge in [-0.15, -0.1) is 0 Å². The monoisotopic (exact) mass is 200 g/mol. The van der Waals surface area contributed by atoms with E-state index in [0.717, 1.165) is 25.7 Å². The number of rotatable bonds is 7. The Labute approximate surface area is 87.6 Å². The Morgan fingerprint density at radius 3 is 2.43 bits per heavy atom. The van der Waals surface area contributed by atoms with Gasteiger partial charge in [-0.05, 0) is 18.8 Å². The maximum atomic E-state index is 5.83. The Morgan fingerprint density at radius 1 is 1.43 bits per heavy atom. The molecule has 0 aliphatic heterocycles. The van der Waals surface area contributed by atoms with Crippen LogP contribution < -0.4 is 5.73 Å². The Bertz CT molecular complexity index is 157. The van der Waals surface area contributed by atoms with E-state index in [9.17, 15) is 0 Å². The van der Waals surface area contributed by atoms with E-state index in [1.165, 1.54) is 12.8 Å². The zero-order chi connectivity index (χ0) is 10.6. The van der Waals surface area contributed by atoms with Crippen molar-refractivity contribution >= 4 is 0 Å². The summed E-state index contributed by atoms with van der Waals surface area (Å²) in [7, 11) is 1.76. The fourth-order valence-electron chi connectivity index (χ4n) is 2.01. The molecule has 0 spiro atoms. The quantitative estimate of drug-likeness (QED) is 0.668. The highest BCUT2D eigenvalue weighted by Crippen LogP contribution is 2.30. The van der Waals surface area contributed by atoms with Gasteiger partial charge < -0.3 is 10.5 Å². The average molecular weight is 200 g/mol. The molecule has 0 aromatic carbocycles. The maximum Gasteiger partial charge on any atom is 0.0589 e. The first-order valence-corrected chi connectivity index (χ1v) is 5.65. The largest absolute Gasteiger partial charge is 0.383 e. The molecule has 1 saturated carbocycles. The van der Waals surface area contributed by atoms with Crippen molar-refractivity contribution in [3.05, 3.63) is 0 Å². The lowest BCUT2D eigenvalue weighted by molar-refractivity contribution is 0.0970. The molecule has 84 valence electrons. The molecule has 2 N–H and O–H groups in total. The van der Waals surface area contributed by atoms with Crippen molar-refractivity contribution in [2.45, 2.75) is 38.8 Å². The van der Waals surface area contributed by atoms with Gasteiger partial charge in [-0.3, -0.25) is 4.90 Å². The van der Waals surface area contributed by atoms with Crippen molar-refractivity contribution in [1.82, 2.24) is 4.90 Å². The molecule has 0 radical (unpaired) electrons. The molecule has 0 aromatic rings. The summed E-state index contributed by atoms with van der Waals surface area (Å²) in [6.07, 6.45) is 2.68. The summed E-state index contributed by atoms with van der Waals surface area (Å²) in [5.41, 5.74) is 5.83. The van der Waals surface area contributed by atoms with E-state index in [4.69, 9.17) is 10.5 Å². The Hall–Kier alpha value is -0.120. The molecule has 3 heteroatoms. The van der Waals surface area contributed by atoms with Crippen LogP contribution in [0.25, 0.3) is 0 Å². The fourth-order valence-corrected chi connectivity index (χ4v) is 2.01. The second-order valence-corrected chi connectivity index (χ2v) is 4.51. The van der Waals surface area contributed by atoms with Gasteiger partial charge in [0, 0.05) is 32.3 Å². The van der Waals surface area contributed by atoms with Crippen LogP contribution in [0, 0.1) is 5.92 Å². The van der Waals surface area contributed by atoms with E-state index in [1.807, 2.05) is 0 Å². The summed E-state index contributed by atoms with van der Waals surface area (Å²) in [5, 5.41) is 0. The highest BCUT2D eigenvalue weighted by molar-refractivity contribution is 4.90. The smallest absolute Gasteiger partial charge is 0.0589 e. The van der Waals surface area contributed by atoms with Crippen LogP contribution in [0.1, 0.15) is 26.7 Å². The number of nitrogens with two attached hydrogens (primary N) is 1. The van der Waals surface area contributed by atoms with Gasteiger partial charge in [-0.1, -0.05) is 13.8 Å². The highest BCUT2D eigenvalue weighted by Gasteiger charge is 2.34. The van der Waals surface area contributed by atoms with Gasteiger partial charge >= 0.3 is 0 Å². The Kier molecular flexibility index (Phi) is 4.85. The molecule has 14 heavy (non-hydrogen) atoms. The normalized spacial score (nSPS) is 19.3. The van der Waals surface area contributed by atoms with Crippen molar-refractivity contribution in [2.24, 2.45) is 11.7 Å². The molecule has 1 aliphatic rings. The van der Waals surface area contributed by atoms with Gasteiger partial charge in [0.1, 0.15) is 0 Å². The highest BCUT2D eigenvalue weighted by atomic mass is 16.5. The third-order valence-corrected chi connectivity index (χ3v) is 3.01. The summed E-state index contributed by atoms with van der Waals surface area (Å²) in [5.74, 6) is 0.637. The maximum absolute atomic E-state index is 5.83. The molecule has 0 heterocycles. The number of ether oxygens (including phenoxy) is 1. The van der Waals surface area contributed by atoms with E-state index in [2.05, 4.69) is 18.7 Å². The minimum Gasteiger partial charge on any atom is -0.383 e. The third-order valence-electron chi connectivity index (χ3n) is 3.01. The van der Waals surface area contributed by atoms with Gasteiger partial charge in [0.05, 0.1) is 6.61 Å². The van der Waals surface area contributed by atoms with Crippen LogP contribution in [0.4, 0.5) is 0 Å². The topological polar surface area (TPSA) is 38.5 Å². The zero-order valence-corrected chi connectivity index (χ0v) is 9.70. The average Bonchev–Trinajstić information content (AvgIpc) is 2.94. The second kappa shape index (κ2) is 5.69. The minimum absolute atomic E-state index is 0.526. The fraction of sp³-hybridized carbons (Fsp3) is 1.00. The lowest BCUT2D eigenvalue weighted by atomic mass is 10.0. The number of nitrogens with zero attached hydrogens (tertiary/aromatic N) is 1. The van der Waals surface area contributed by atoms with Crippen molar-refractivity contribution in [1.29, 1.82) is 0 Å². The molecule has 3 nitrogen and oxygen atoms in total. The van der Waals surface area contributed by atoms with Crippen molar-refractivity contribution in [2.75, 3.05) is 26.8 Å². The molecule has 1 rings (SSSR count). The molecule has 0 aromatic heterocycles. The summed E-state index contributed by atoms with van der Waals surface area (Å²) in [4.78, 5) is 2.54. The molecule has 0 amide bonds. The Balaban J connectivity index is 2.45. The van der Waals surface area contributed by atoms with E-state index in [0.29, 0.717) is 12.0 Å². The lowest BCUT2D eigenvalue weighted by Gasteiger charge is -2.33. The Morgan fingerprint density at radius 2 is 2.07 bits per heavy atom. The van der Waals surface area contributed by atoms with Crippen LogP contribution in [-0.2, 0) is 4.74 Å². The molecular formula is C11H24N2O. The molecule has 1 aliphatic carbocycles. The lowest BCUT2D eigenvalue weighted by Crippen LogP contribution is -2.46. The van der Waals surface area contributed by atoms with Gasteiger partial charge in [0.25, 0.3) is 0 Å². The molecule has 1 unspecified atom stereocenters. The van der Waals surface area contributed by atoms with Gasteiger partial charge in [0.2, 0.25) is 0 Å². The summed E-state index contributed by atoms with van der Waals surface area (Å²) in [6, 6.07) is 1.30. The van der Waals surface area contributed by atoms with Crippen LogP contribution in [0.2, 0.25) is 0 Å². The number of methoxy groups -OCH3 is 1. The molecule has 0 saturated heterocycles. The standard InChI is InChI=1S/C11H24N2O/c1-9(2)11(8-12)13(6-7-14-3)10-4-5-10/h9-11H,4-8,12H2,1-3H3. The first kappa shape index (κ1) is 12.0.